The lowest BCUT2D eigenvalue weighted by molar-refractivity contribution is 0.0710. The third-order valence-electron chi connectivity index (χ3n) is 5.45. The normalized spacial score (nSPS) is 15.2. The number of halogens is 2. The van der Waals surface area contributed by atoms with Crippen LogP contribution in [0.5, 0.6) is 0 Å². The molecule has 0 aliphatic carbocycles. The highest BCUT2D eigenvalue weighted by Gasteiger charge is 2.27. The van der Waals surface area contributed by atoms with Crippen molar-refractivity contribution in [1.82, 2.24) is 24.0 Å². The molecule has 3 heterocycles. The zero-order valence-electron chi connectivity index (χ0n) is 15.9. The number of H-pyrrole nitrogens is 1. The predicted molar refractivity (Wildman–Crippen MR) is 101 cm³/mol. The number of benzene rings is 1. The Morgan fingerprint density at radius 1 is 1.10 bits per heavy atom. The molecule has 3 aromatic rings. The summed E-state index contributed by atoms with van der Waals surface area (Å²) in [5, 5.41) is 0. The molecule has 1 aliphatic rings. The van der Waals surface area contributed by atoms with E-state index in [1.165, 1.54) is 17.7 Å². The van der Waals surface area contributed by atoms with Crippen molar-refractivity contribution in [2.75, 3.05) is 13.1 Å². The molecule has 1 fully saturated rings. The Morgan fingerprint density at radius 2 is 1.79 bits per heavy atom. The number of hydrogen-bond acceptors (Lipinski definition) is 4. The molecule has 10 heteroatoms. The van der Waals surface area contributed by atoms with Crippen molar-refractivity contribution in [1.29, 1.82) is 0 Å². The Labute approximate surface area is 163 Å². The van der Waals surface area contributed by atoms with Gasteiger partial charge in [-0.15, -0.1) is 0 Å². The number of hydrogen-bond donors (Lipinski definition) is 1. The van der Waals surface area contributed by atoms with Crippen molar-refractivity contribution >= 4 is 17.1 Å². The van der Waals surface area contributed by atoms with E-state index < -0.39 is 22.9 Å². The number of carbonyl (C=O) groups is 1. The summed E-state index contributed by atoms with van der Waals surface area (Å²) >= 11 is 0. The standard InChI is InChI=1S/C19H19F2N5O3/c1-24-16-14(18(28)25(2)19(24)29)22-15(23-16)10-5-7-26(8-6-10)17(27)11-3-4-12(20)13(21)9-11/h3-4,9-10H,5-8H2,1-2H3,(H,22,23). The van der Waals surface area contributed by atoms with Crippen LogP contribution < -0.4 is 11.2 Å². The van der Waals surface area contributed by atoms with E-state index in [1.807, 2.05) is 0 Å². The van der Waals surface area contributed by atoms with E-state index >= 15 is 0 Å². The van der Waals surface area contributed by atoms with Gasteiger partial charge in [-0.25, -0.2) is 18.6 Å². The molecule has 0 unspecified atom stereocenters. The molecule has 8 nitrogen and oxygen atoms in total. The quantitative estimate of drug-likeness (QED) is 0.697. The molecule has 1 aliphatic heterocycles. The number of rotatable bonds is 2. The van der Waals surface area contributed by atoms with E-state index in [9.17, 15) is 23.2 Å². The van der Waals surface area contributed by atoms with Gasteiger partial charge in [0.1, 0.15) is 11.3 Å². The minimum Gasteiger partial charge on any atom is -0.339 e. The molecule has 29 heavy (non-hydrogen) atoms. The number of piperidine rings is 1. The first-order chi connectivity index (χ1) is 13.8. The lowest BCUT2D eigenvalue weighted by Gasteiger charge is -2.31. The zero-order valence-corrected chi connectivity index (χ0v) is 15.9. The Kier molecular flexibility index (Phi) is 4.56. The van der Waals surface area contributed by atoms with Crippen LogP contribution in [0.4, 0.5) is 8.78 Å². The summed E-state index contributed by atoms with van der Waals surface area (Å²) in [5.74, 6) is -1.83. The average molecular weight is 403 g/mol. The summed E-state index contributed by atoms with van der Waals surface area (Å²) in [5.41, 5.74) is -0.219. The maximum atomic E-state index is 13.4. The minimum atomic E-state index is -1.06. The first-order valence-electron chi connectivity index (χ1n) is 9.18. The summed E-state index contributed by atoms with van der Waals surface area (Å²) in [4.78, 5) is 46.0. The SMILES string of the molecule is Cn1c(=O)c2[nH]c(C3CCN(C(=O)c4ccc(F)c(F)c4)CC3)nc2n(C)c1=O. The van der Waals surface area contributed by atoms with Crippen molar-refractivity contribution in [2.24, 2.45) is 14.1 Å². The van der Waals surface area contributed by atoms with Gasteiger partial charge in [-0.3, -0.25) is 18.7 Å². The number of aryl methyl sites for hydroxylation is 1. The second-order valence-electron chi connectivity index (χ2n) is 7.22. The number of imidazole rings is 1. The van der Waals surface area contributed by atoms with E-state index in [0.717, 1.165) is 16.7 Å². The van der Waals surface area contributed by atoms with Crippen molar-refractivity contribution in [3.63, 3.8) is 0 Å². The van der Waals surface area contributed by atoms with Gasteiger partial charge >= 0.3 is 5.69 Å². The fourth-order valence-corrected chi connectivity index (χ4v) is 3.71. The second-order valence-corrected chi connectivity index (χ2v) is 7.22. The fraction of sp³-hybridized carbons (Fsp3) is 0.368. The van der Waals surface area contributed by atoms with Crippen LogP contribution in [0.15, 0.2) is 27.8 Å². The highest BCUT2D eigenvalue weighted by atomic mass is 19.2. The molecule has 0 atom stereocenters. The summed E-state index contributed by atoms with van der Waals surface area (Å²) in [6, 6.07) is 3.11. The van der Waals surface area contributed by atoms with Crippen LogP contribution >= 0.6 is 0 Å². The number of likely N-dealkylation sites (tertiary alicyclic amines) is 1. The average Bonchev–Trinajstić information content (AvgIpc) is 3.18. The molecule has 0 bridgehead atoms. The molecule has 2 aromatic heterocycles. The molecule has 1 aromatic carbocycles. The number of aromatic amines is 1. The topological polar surface area (TPSA) is 93.0 Å². The van der Waals surface area contributed by atoms with E-state index in [0.29, 0.717) is 37.4 Å². The molecular weight excluding hydrogens is 384 g/mol. The van der Waals surface area contributed by atoms with Crippen LogP contribution in [-0.4, -0.2) is 43.0 Å². The van der Waals surface area contributed by atoms with Crippen molar-refractivity contribution in [3.8, 4) is 0 Å². The van der Waals surface area contributed by atoms with Gasteiger partial charge < -0.3 is 9.88 Å². The Bertz CT molecular complexity index is 1240. The maximum Gasteiger partial charge on any atom is 0.332 e. The molecule has 1 saturated heterocycles. The molecule has 1 N–H and O–H groups in total. The van der Waals surface area contributed by atoms with Crippen LogP contribution in [0, 0.1) is 11.6 Å². The molecule has 1 amide bonds. The summed E-state index contributed by atoms with van der Waals surface area (Å²) < 4.78 is 28.8. The number of nitrogens with one attached hydrogen (secondary N) is 1. The van der Waals surface area contributed by atoms with Gasteiger partial charge in [-0.2, -0.15) is 0 Å². The number of carbonyl (C=O) groups excluding carboxylic acids is 1. The monoisotopic (exact) mass is 403 g/mol. The smallest absolute Gasteiger partial charge is 0.332 e. The third kappa shape index (κ3) is 3.14. The van der Waals surface area contributed by atoms with Gasteiger partial charge in [0.15, 0.2) is 17.3 Å². The van der Waals surface area contributed by atoms with E-state index in [2.05, 4.69) is 9.97 Å². The van der Waals surface area contributed by atoms with Gasteiger partial charge in [0.2, 0.25) is 0 Å². The predicted octanol–water partition coefficient (Wildman–Crippen LogP) is 1.26. The Morgan fingerprint density at radius 3 is 2.45 bits per heavy atom. The number of nitrogens with zero attached hydrogens (tertiary/aromatic N) is 4. The lowest BCUT2D eigenvalue weighted by Crippen LogP contribution is -2.38. The van der Waals surface area contributed by atoms with Crippen LogP contribution in [0.3, 0.4) is 0 Å². The van der Waals surface area contributed by atoms with Crippen LogP contribution in [-0.2, 0) is 14.1 Å². The first kappa shape index (κ1) is 19.0. The van der Waals surface area contributed by atoms with Crippen molar-refractivity contribution < 1.29 is 13.6 Å². The molecule has 0 spiro atoms. The van der Waals surface area contributed by atoms with E-state index in [-0.39, 0.29) is 22.9 Å². The van der Waals surface area contributed by atoms with Gasteiger partial charge in [0, 0.05) is 38.7 Å². The minimum absolute atomic E-state index is 0.0174. The maximum absolute atomic E-state index is 13.4. The third-order valence-corrected chi connectivity index (χ3v) is 5.45. The summed E-state index contributed by atoms with van der Waals surface area (Å²) in [7, 11) is 2.96. The number of fused-ring (bicyclic) bond motifs is 1. The first-order valence-corrected chi connectivity index (χ1v) is 9.18. The van der Waals surface area contributed by atoms with Crippen molar-refractivity contribution in [3.05, 3.63) is 62.1 Å². The van der Waals surface area contributed by atoms with Crippen molar-refractivity contribution in [2.45, 2.75) is 18.8 Å². The molecule has 0 radical (unpaired) electrons. The molecule has 4 rings (SSSR count). The van der Waals surface area contributed by atoms with E-state index in [1.54, 1.807) is 11.9 Å². The lowest BCUT2D eigenvalue weighted by atomic mass is 9.95. The van der Waals surface area contributed by atoms with Crippen LogP contribution in [0.25, 0.3) is 11.2 Å². The molecule has 152 valence electrons. The zero-order chi connectivity index (χ0) is 20.9. The fourth-order valence-electron chi connectivity index (χ4n) is 3.71. The number of amides is 1. The van der Waals surface area contributed by atoms with Gasteiger partial charge in [0.05, 0.1) is 0 Å². The van der Waals surface area contributed by atoms with Gasteiger partial charge in [0.25, 0.3) is 11.5 Å². The van der Waals surface area contributed by atoms with Crippen LogP contribution in [0.1, 0.15) is 34.9 Å². The molecular formula is C19H19F2N5O3. The second kappa shape index (κ2) is 6.94. The molecule has 0 saturated carbocycles. The summed E-state index contributed by atoms with van der Waals surface area (Å²) in [6.45, 7) is 0.826. The largest absolute Gasteiger partial charge is 0.339 e. The van der Waals surface area contributed by atoms with Gasteiger partial charge in [-0.1, -0.05) is 0 Å². The summed E-state index contributed by atoms with van der Waals surface area (Å²) in [6.07, 6.45) is 1.17. The highest BCUT2D eigenvalue weighted by Crippen LogP contribution is 2.27. The highest BCUT2D eigenvalue weighted by molar-refractivity contribution is 5.94. The van der Waals surface area contributed by atoms with Gasteiger partial charge in [-0.05, 0) is 31.0 Å². The Balaban J connectivity index is 1.54. The van der Waals surface area contributed by atoms with E-state index in [4.69, 9.17) is 0 Å². The number of aromatic nitrogens is 4. The Hall–Kier alpha value is -3.30. The van der Waals surface area contributed by atoms with Crippen LogP contribution in [0.2, 0.25) is 0 Å².